The Balaban J connectivity index is 1.73. The van der Waals surface area contributed by atoms with E-state index >= 15 is 0 Å². The molecule has 4 rings (SSSR count). The topological polar surface area (TPSA) is 67.9 Å². The summed E-state index contributed by atoms with van der Waals surface area (Å²) in [5.41, 5.74) is -0.656. The molecule has 3 aromatic carbocycles. The summed E-state index contributed by atoms with van der Waals surface area (Å²) in [6.07, 6.45) is 1.30. The molecule has 0 aliphatic carbocycles. The number of nitrogens with zero attached hydrogens (tertiary/aromatic N) is 2. The largest absolute Gasteiger partial charge is 0.504 e. The lowest BCUT2D eigenvalue weighted by molar-refractivity contribution is 0.318. The Labute approximate surface area is 187 Å². The monoisotopic (exact) mass is 482 g/mol. The maximum Gasteiger partial charge on any atom is 0.233 e. The number of ether oxygens (including phenoxy) is 1. The molecule has 4 aromatic rings. The average Bonchev–Trinajstić information content (AvgIpc) is 3.20. The molecule has 0 aliphatic heterocycles. The fourth-order valence-electron chi connectivity index (χ4n) is 3.00. The minimum absolute atomic E-state index is 0.0251. The molecule has 11 heteroatoms. The van der Waals surface area contributed by atoms with Gasteiger partial charge >= 0.3 is 0 Å². The van der Waals surface area contributed by atoms with Crippen LogP contribution < -0.4 is 4.74 Å². The average molecular weight is 483 g/mol. The zero-order chi connectivity index (χ0) is 23.9. The van der Waals surface area contributed by atoms with Crippen molar-refractivity contribution in [1.29, 1.82) is 0 Å². The Morgan fingerprint density at radius 3 is 2.36 bits per heavy atom. The fourth-order valence-corrected chi connectivity index (χ4v) is 3.21. The highest BCUT2D eigenvalue weighted by atomic mass is 35.5. The standard InChI is InChI=1S/C22H12ClF5N2O3/c1-2-32-14-6-10(23)5-9(21(14)31)8-29-11-3-4-13-12(7-11)30-22(33-13)15-16(24)18(26)20(28)19(27)17(15)25/h3-8,31H,2H2,1H3. The van der Waals surface area contributed by atoms with Gasteiger partial charge in [0.25, 0.3) is 0 Å². The van der Waals surface area contributed by atoms with Crippen LogP contribution in [0.4, 0.5) is 27.6 Å². The number of aromatic nitrogens is 1. The zero-order valence-corrected chi connectivity index (χ0v) is 17.4. The van der Waals surface area contributed by atoms with Crippen molar-refractivity contribution in [2.75, 3.05) is 6.61 Å². The van der Waals surface area contributed by atoms with Crippen molar-refractivity contribution in [3.63, 3.8) is 0 Å². The Kier molecular flexibility index (Phi) is 5.94. The quantitative estimate of drug-likeness (QED) is 0.149. The number of hydrogen-bond donors (Lipinski definition) is 1. The highest BCUT2D eigenvalue weighted by molar-refractivity contribution is 6.31. The van der Waals surface area contributed by atoms with Gasteiger partial charge in [0.2, 0.25) is 11.7 Å². The predicted octanol–water partition coefficient (Wildman–Crippen LogP) is 6.70. The summed E-state index contributed by atoms with van der Waals surface area (Å²) in [5.74, 6) is -11.4. The maximum atomic E-state index is 14.1. The van der Waals surface area contributed by atoms with E-state index < -0.39 is 40.5 Å². The molecule has 0 spiro atoms. The number of oxazole rings is 1. The highest BCUT2D eigenvalue weighted by Crippen LogP contribution is 2.35. The molecule has 0 aliphatic rings. The number of hydrogen-bond acceptors (Lipinski definition) is 5. The Morgan fingerprint density at radius 2 is 1.70 bits per heavy atom. The number of fused-ring (bicyclic) bond motifs is 1. The lowest BCUT2D eigenvalue weighted by Crippen LogP contribution is -2.04. The predicted molar refractivity (Wildman–Crippen MR) is 111 cm³/mol. The van der Waals surface area contributed by atoms with Crippen LogP contribution in [0.2, 0.25) is 5.02 Å². The summed E-state index contributed by atoms with van der Waals surface area (Å²) in [6, 6.07) is 7.07. The van der Waals surface area contributed by atoms with Gasteiger partial charge in [-0.3, -0.25) is 4.99 Å². The van der Waals surface area contributed by atoms with Crippen molar-refractivity contribution in [3.8, 4) is 23.0 Å². The van der Waals surface area contributed by atoms with Gasteiger partial charge in [0, 0.05) is 22.9 Å². The van der Waals surface area contributed by atoms with Crippen molar-refractivity contribution in [2.24, 2.45) is 4.99 Å². The summed E-state index contributed by atoms with van der Waals surface area (Å²) >= 11 is 6.02. The minimum atomic E-state index is -2.28. The Bertz CT molecular complexity index is 1390. The molecule has 0 saturated heterocycles. The van der Waals surface area contributed by atoms with E-state index in [4.69, 9.17) is 20.8 Å². The molecule has 1 N–H and O–H groups in total. The van der Waals surface area contributed by atoms with Crippen molar-refractivity contribution in [1.82, 2.24) is 4.98 Å². The van der Waals surface area contributed by atoms with Gasteiger partial charge in [0.05, 0.1) is 12.3 Å². The van der Waals surface area contributed by atoms with E-state index in [-0.39, 0.29) is 33.8 Å². The molecular formula is C22H12ClF5N2O3. The van der Waals surface area contributed by atoms with E-state index in [9.17, 15) is 27.1 Å². The maximum absolute atomic E-state index is 14.1. The molecule has 0 bridgehead atoms. The Morgan fingerprint density at radius 1 is 1.03 bits per heavy atom. The van der Waals surface area contributed by atoms with Gasteiger partial charge in [-0.05, 0) is 31.2 Å². The van der Waals surface area contributed by atoms with E-state index in [1.54, 1.807) is 6.92 Å². The molecule has 0 amide bonds. The van der Waals surface area contributed by atoms with Crippen LogP contribution in [0.15, 0.2) is 39.7 Å². The molecule has 0 saturated carbocycles. The van der Waals surface area contributed by atoms with Gasteiger partial charge in [0.15, 0.2) is 40.4 Å². The number of phenols is 1. The lowest BCUT2D eigenvalue weighted by atomic mass is 10.1. The summed E-state index contributed by atoms with van der Waals surface area (Å²) in [4.78, 5) is 8.02. The lowest BCUT2D eigenvalue weighted by Gasteiger charge is -2.08. The van der Waals surface area contributed by atoms with Crippen LogP contribution in [0.25, 0.3) is 22.6 Å². The van der Waals surface area contributed by atoms with E-state index in [1.165, 1.54) is 36.5 Å². The number of halogens is 6. The molecule has 0 atom stereocenters. The summed E-state index contributed by atoms with van der Waals surface area (Å²) in [5, 5.41) is 10.6. The van der Waals surface area contributed by atoms with Crippen molar-refractivity contribution >= 4 is 34.6 Å². The highest BCUT2D eigenvalue weighted by Gasteiger charge is 2.29. The van der Waals surface area contributed by atoms with Crippen LogP contribution >= 0.6 is 11.6 Å². The van der Waals surface area contributed by atoms with Gasteiger partial charge in [0.1, 0.15) is 11.1 Å². The molecule has 0 radical (unpaired) electrons. The first-order valence-electron chi connectivity index (χ1n) is 9.33. The second-order valence-electron chi connectivity index (χ2n) is 6.65. The molecule has 1 heterocycles. The number of benzene rings is 3. The van der Waals surface area contributed by atoms with Crippen molar-refractivity contribution in [2.45, 2.75) is 6.92 Å². The van der Waals surface area contributed by atoms with E-state index in [0.29, 0.717) is 11.6 Å². The fraction of sp³-hybridized carbons (Fsp3) is 0.0909. The number of aliphatic imine (C=N–C) groups is 1. The normalized spacial score (nSPS) is 11.6. The second-order valence-corrected chi connectivity index (χ2v) is 7.09. The van der Waals surface area contributed by atoms with Crippen LogP contribution in [-0.4, -0.2) is 22.9 Å². The summed E-state index contributed by atoms with van der Waals surface area (Å²) < 4.78 is 79.0. The van der Waals surface area contributed by atoms with E-state index in [1.807, 2.05) is 0 Å². The zero-order valence-electron chi connectivity index (χ0n) is 16.6. The van der Waals surface area contributed by atoms with Crippen molar-refractivity contribution in [3.05, 3.63) is 70.0 Å². The molecule has 0 unspecified atom stereocenters. The molecule has 170 valence electrons. The first-order valence-corrected chi connectivity index (χ1v) is 9.70. The minimum Gasteiger partial charge on any atom is -0.504 e. The smallest absolute Gasteiger partial charge is 0.233 e. The molecule has 5 nitrogen and oxygen atoms in total. The van der Waals surface area contributed by atoms with Crippen molar-refractivity contribution < 1.29 is 36.2 Å². The summed E-state index contributed by atoms with van der Waals surface area (Å²) in [7, 11) is 0. The summed E-state index contributed by atoms with van der Waals surface area (Å²) in [6.45, 7) is 2.04. The molecule has 1 aromatic heterocycles. The number of phenolic OH excluding ortho intramolecular Hbond substituents is 1. The first kappa shape index (κ1) is 22.5. The third-order valence-corrected chi connectivity index (χ3v) is 4.73. The molecule has 33 heavy (non-hydrogen) atoms. The SMILES string of the molecule is CCOc1cc(Cl)cc(C=Nc2ccc3oc(-c4c(F)c(F)c(F)c(F)c4F)nc3c2)c1O. The third-order valence-electron chi connectivity index (χ3n) is 4.52. The first-order chi connectivity index (χ1) is 15.7. The van der Waals surface area contributed by atoms with Crippen LogP contribution in [0.1, 0.15) is 12.5 Å². The van der Waals surface area contributed by atoms with Gasteiger partial charge in [-0.15, -0.1) is 0 Å². The van der Waals surface area contributed by atoms with E-state index in [0.717, 1.165) is 0 Å². The molecular weight excluding hydrogens is 471 g/mol. The van der Waals surface area contributed by atoms with Gasteiger partial charge < -0.3 is 14.3 Å². The van der Waals surface area contributed by atoms with Crippen LogP contribution in [0.5, 0.6) is 11.5 Å². The van der Waals surface area contributed by atoms with Gasteiger partial charge in [-0.2, -0.15) is 0 Å². The van der Waals surface area contributed by atoms with Crippen LogP contribution in [0.3, 0.4) is 0 Å². The third kappa shape index (κ3) is 4.09. The van der Waals surface area contributed by atoms with Gasteiger partial charge in [-0.25, -0.2) is 26.9 Å². The van der Waals surface area contributed by atoms with Crippen LogP contribution in [-0.2, 0) is 0 Å². The second kappa shape index (κ2) is 8.70. The van der Waals surface area contributed by atoms with E-state index in [2.05, 4.69) is 9.98 Å². The number of rotatable bonds is 5. The Hall–Kier alpha value is -3.66. The van der Waals surface area contributed by atoms with Gasteiger partial charge in [-0.1, -0.05) is 11.6 Å². The molecule has 0 fully saturated rings. The number of aromatic hydroxyl groups is 1. The van der Waals surface area contributed by atoms with Crippen LogP contribution in [0, 0.1) is 29.1 Å².